The van der Waals surface area contributed by atoms with E-state index in [9.17, 15) is 0 Å². The Morgan fingerprint density at radius 2 is 2.25 bits per heavy atom. The van der Waals surface area contributed by atoms with E-state index in [1.807, 2.05) is 37.0 Å². The first kappa shape index (κ1) is 13.6. The highest BCUT2D eigenvalue weighted by Gasteiger charge is 2.18. The maximum Gasteiger partial charge on any atom is 0.197 e. The summed E-state index contributed by atoms with van der Waals surface area (Å²) in [5.41, 5.74) is 7.10. The first-order chi connectivity index (χ1) is 9.56. The molecule has 0 aliphatic rings. The second-order valence-electron chi connectivity index (χ2n) is 4.79. The molecule has 1 unspecified atom stereocenters. The molecule has 0 spiro atoms. The largest absolute Gasteiger partial charge is 0.328 e. The van der Waals surface area contributed by atoms with Crippen LogP contribution in [0.2, 0.25) is 0 Å². The number of hydrogen-bond donors (Lipinski definition) is 1. The van der Waals surface area contributed by atoms with Crippen LogP contribution >= 0.6 is 23.1 Å². The van der Waals surface area contributed by atoms with Crippen molar-refractivity contribution in [2.75, 3.05) is 0 Å². The molecule has 2 N–H and O–H groups in total. The Morgan fingerprint density at radius 1 is 1.45 bits per heavy atom. The van der Waals surface area contributed by atoms with Crippen molar-refractivity contribution in [1.29, 1.82) is 0 Å². The summed E-state index contributed by atoms with van der Waals surface area (Å²) < 4.78 is 4.08. The Morgan fingerprint density at radius 3 is 2.90 bits per heavy atom. The number of imidazole rings is 1. The maximum atomic E-state index is 5.96. The van der Waals surface area contributed by atoms with Gasteiger partial charge in [-0.1, -0.05) is 0 Å². The SMILES string of the molecule is Cc1nnc(Sc2nc3sccn3c2CC(C)N)n1C. The number of rotatable bonds is 4. The quantitative estimate of drug-likeness (QED) is 0.796. The zero-order valence-electron chi connectivity index (χ0n) is 11.6. The molecule has 0 amide bonds. The molecule has 0 bridgehead atoms. The van der Waals surface area contributed by atoms with Crippen LogP contribution in [0.5, 0.6) is 0 Å². The van der Waals surface area contributed by atoms with Crippen LogP contribution in [-0.2, 0) is 13.5 Å². The van der Waals surface area contributed by atoms with Crippen molar-refractivity contribution in [3.05, 3.63) is 23.1 Å². The van der Waals surface area contributed by atoms with Crippen LogP contribution in [0.1, 0.15) is 18.4 Å². The molecule has 0 radical (unpaired) electrons. The Bertz CT molecular complexity index is 738. The first-order valence-corrected chi connectivity index (χ1v) is 7.99. The van der Waals surface area contributed by atoms with E-state index >= 15 is 0 Å². The third-order valence-corrected chi connectivity index (χ3v) is 4.90. The zero-order chi connectivity index (χ0) is 14.3. The molecule has 3 aromatic heterocycles. The monoisotopic (exact) mass is 308 g/mol. The smallest absolute Gasteiger partial charge is 0.197 e. The van der Waals surface area contributed by atoms with Crippen molar-refractivity contribution in [3.8, 4) is 0 Å². The molecule has 0 aliphatic carbocycles. The molecule has 3 heterocycles. The Labute approximate surface area is 125 Å². The van der Waals surface area contributed by atoms with Gasteiger partial charge in [-0.2, -0.15) is 0 Å². The molecule has 0 saturated heterocycles. The van der Waals surface area contributed by atoms with E-state index in [1.54, 1.807) is 23.1 Å². The van der Waals surface area contributed by atoms with Gasteiger partial charge in [-0.15, -0.1) is 21.5 Å². The van der Waals surface area contributed by atoms with Crippen molar-refractivity contribution in [2.24, 2.45) is 12.8 Å². The molecule has 20 heavy (non-hydrogen) atoms. The van der Waals surface area contributed by atoms with Crippen molar-refractivity contribution >= 4 is 28.1 Å². The average molecular weight is 308 g/mol. The number of nitrogens with two attached hydrogens (primary N) is 1. The van der Waals surface area contributed by atoms with Gasteiger partial charge in [-0.3, -0.25) is 4.40 Å². The predicted octanol–water partition coefficient (Wildman–Crippen LogP) is 1.87. The lowest BCUT2D eigenvalue weighted by molar-refractivity contribution is 0.704. The number of hydrogen-bond acceptors (Lipinski definition) is 6. The van der Waals surface area contributed by atoms with Gasteiger partial charge in [-0.05, 0) is 25.6 Å². The molecule has 0 aliphatic heterocycles. The third-order valence-electron chi connectivity index (χ3n) is 3.08. The lowest BCUT2D eigenvalue weighted by Crippen LogP contribution is -2.19. The van der Waals surface area contributed by atoms with Gasteiger partial charge >= 0.3 is 0 Å². The number of thiazole rings is 1. The predicted molar refractivity (Wildman–Crippen MR) is 80.3 cm³/mol. The second-order valence-corrected chi connectivity index (χ2v) is 6.62. The van der Waals surface area contributed by atoms with E-state index in [2.05, 4.69) is 19.6 Å². The summed E-state index contributed by atoms with van der Waals surface area (Å²) in [6.07, 6.45) is 2.83. The highest BCUT2D eigenvalue weighted by Crippen LogP contribution is 2.31. The molecule has 106 valence electrons. The minimum Gasteiger partial charge on any atom is -0.328 e. The molecule has 0 aromatic carbocycles. The van der Waals surface area contributed by atoms with Gasteiger partial charge in [0.1, 0.15) is 10.9 Å². The molecule has 3 aromatic rings. The van der Waals surface area contributed by atoms with E-state index < -0.39 is 0 Å². The number of nitrogens with zero attached hydrogens (tertiary/aromatic N) is 5. The van der Waals surface area contributed by atoms with E-state index in [4.69, 9.17) is 5.73 Å². The molecule has 0 fully saturated rings. The Balaban J connectivity index is 2.01. The highest BCUT2D eigenvalue weighted by molar-refractivity contribution is 7.99. The summed E-state index contributed by atoms with van der Waals surface area (Å²) in [7, 11) is 1.96. The summed E-state index contributed by atoms with van der Waals surface area (Å²) in [5.74, 6) is 0.891. The van der Waals surface area contributed by atoms with Gasteiger partial charge in [0.2, 0.25) is 0 Å². The number of aryl methyl sites for hydroxylation is 1. The van der Waals surface area contributed by atoms with Gasteiger partial charge in [0.05, 0.1) is 5.69 Å². The van der Waals surface area contributed by atoms with E-state index in [-0.39, 0.29) is 6.04 Å². The lowest BCUT2D eigenvalue weighted by atomic mass is 10.2. The van der Waals surface area contributed by atoms with Crippen LogP contribution in [0.15, 0.2) is 21.8 Å². The van der Waals surface area contributed by atoms with E-state index in [0.29, 0.717) is 0 Å². The van der Waals surface area contributed by atoms with Crippen molar-refractivity contribution < 1.29 is 0 Å². The molecular weight excluding hydrogens is 292 g/mol. The average Bonchev–Trinajstić information content (AvgIpc) is 3.03. The van der Waals surface area contributed by atoms with Crippen molar-refractivity contribution in [2.45, 2.75) is 36.5 Å². The Hall–Kier alpha value is -1.38. The minimum atomic E-state index is 0.0929. The Kier molecular flexibility index (Phi) is 3.53. The van der Waals surface area contributed by atoms with Crippen LogP contribution in [0.25, 0.3) is 4.96 Å². The van der Waals surface area contributed by atoms with Gasteiger partial charge in [0.15, 0.2) is 10.1 Å². The van der Waals surface area contributed by atoms with Crippen molar-refractivity contribution in [3.63, 3.8) is 0 Å². The summed E-state index contributed by atoms with van der Waals surface area (Å²) in [6, 6.07) is 0.0929. The molecule has 0 saturated carbocycles. The van der Waals surface area contributed by atoms with Crippen LogP contribution in [0.3, 0.4) is 0 Å². The summed E-state index contributed by atoms with van der Waals surface area (Å²) in [5, 5.41) is 12.1. The fourth-order valence-corrected chi connectivity index (χ4v) is 3.69. The molecule has 6 nitrogen and oxygen atoms in total. The van der Waals surface area contributed by atoms with Crippen LogP contribution in [0, 0.1) is 6.92 Å². The topological polar surface area (TPSA) is 74.0 Å². The normalized spacial score (nSPS) is 13.2. The first-order valence-electron chi connectivity index (χ1n) is 6.30. The number of fused-ring (bicyclic) bond motifs is 1. The molecule has 1 atom stereocenters. The van der Waals surface area contributed by atoms with Crippen LogP contribution in [0.4, 0.5) is 0 Å². The van der Waals surface area contributed by atoms with Crippen LogP contribution < -0.4 is 5.73 Å². The fraction of sp³-hybridized carbons (Fsp3) is 0.417. The van der Waals surface area contributed by atoms with Gasteiger partial charge in [-0.25, -0.2) is 4.98 Å². The zero-order valence-corrected chi connectivity index (χ0v) is 13.2. The minimum absolute atomic E-state index is 0.0929. The van der Waals surface area contributed by atoms with Gasteiger partial charge in [0, 0.05) is 31.1 Å². The van der Waals surface area contributed by atoms with E-state index in [1.165, 1.54) is 0 Å². The lowest BCUT2D eigenvalue weighted by Gasteiger charge is -2.06. The second kappa shape index (κ2) is 5.19. The standard InChI is InChI=1S/C12H16N6S2/c1-7(13)6-9-10(14-11-18(9)4-5-19-11)20-12-16-15-8(2)17(12)3/h4-5,7H,6,13H2,1-3H3. The maximum absolute atomic E-state index is 5.96. The molecule has 3 rings (SSSR count). The third kappa shape index (κ3) is 2.34. The van der Waals surface area contributed by atoms with Crippen LogP contribution in [-0.4, -0.2) is 30.2 Å². The number of aromatic nitrogens is 5. The molecule has 8 heteroatoms. The summed E-state index contributed by atoms with van der Waals surface area (Å²) in [4.78, 5) is 5.67. The fourth-order valence-electron chi connectivity index (χ4n) is 1.95. The molecular formula is C12H16N6S2. The summed E-state index contributed by atoms with van der Waals surface area (Å²) in [6.45, 7) is 3.94. The van der Waals surface area contributed by atoms with Gasteiger partial charge < -0.3 is 10.3 Å². The van der Waals surface area contributed by atoms with Crippen molar-refractivity contribution in [1.82, 2.24) is 24.1 Å². The highest BCUT2D eigenvalue weighted by atomic mass is 32.2. The van der Waals surface area contributed by atoms with E-state index in [0.717, 1.165) is 33.1 Å². The van der Waals surface area contributed by atoms with Gasteiger partial charge in [0.25, 0.3) is 0 Å². The summed E-state index contributed by atoms with van der Waals surface area (Å²) >= 11 is 3.17.